The Labute approximate surface area is 137 Å². The largest absolute Gasteiger partial charge is 0.514 e. The quantitative estimate of drug-likeness (QED) is 0.750. The van der Waals surface area contributed by atoms with E-state index < -0.39 is 11.8 Å². The molecule has 0 aliphatic heterocycles. The smallest absolute Gasteiger partial charge is 0.428 e. The molecular formula is C19H24O4. The van der Waals surface area contributed by atoms with Crippen LogP contribution in [0.2, 0.25) is 0 Å². The second kappa shape index (κ2) is 6.19. The first-order valence-corrected chi connectivity index (χ1v) is 7.83. The highest BCUT2D eigenvalue weighted by Gasteiger charge is 2.23. The van der Waals surface area contributed by atoms with E-state index in [1.807, 2.05) is 6.07 Å². The van der Waals surface area contributed by atoms with Crippen LogP contribution < -0.4 is 10.2 Å². The zero-order chi connectivity index (χ0) is 17.3. The highest BCUT2D eigenvalue weighted by molar-refractivity contribution is 5.69. The van der Waals surface area contributed by atoms with E-state index in [4.69, 9.17) is 9.47 Å². The lowest BCUT2D eigenvalue weighted by atomic mass is 9.94. The molecule has 0 fully saturated rings. The first kappa shape index (κ1) is 17.3. The molecule has 2 rings (SSSR count). The Bertz CT molecular complexity index is 693. The van der Waals surface area contributed by atoms with Crippen molar-refractivity contribution in [3.8, 4) is 5.75 Å². The zero-order valence-corrected chi connectivity index (χ0v) is 14.4. The first-order valence-electron chi connectivity index (χ1n) is 7.83. The average molecular weight is 316 g/mol. The summed E-state index contributed by atoms with van der Waals surface area (Å²) in [5, 5.41) is 0. The molecule has 0 saturated carbocycles. The third-order valence-electron chi connectivity index (χ3n) is 3.63. The van der Waals surface area contributed by atoms with E-state index in [-0.39, 0.29) is 16.6 Å². The second-order valence-electron chi connectivity index (χ2n) is 7.58. The van der Waals surface area contributed by atoms with Gasteiger partial charge in [-0.3, -0.25) is 4.79 Å². The fraction of sp³-hybridized carbons (Fsp3) is 0.474. The highest BCUT2D eigenvalue weighted by Crippen LogP contribution is 2.39. The van der Waals surface area contributed by atoms with Gasteiger partial charge in [-0.25, -0.2) is 4.79 Å². The van der Waals surface area contributed by atoms with E-state index in [0.717, 1.165) is 18.4 Å². The monoisotopic (exact) mass is 316 g/mol. The summed E-state index contributed by atoms with van der Waals surface area (Å²) in [5.74, 6) is -0.0247. The topological polar surface area (TPSA) is 52.6 Å². The van der Waals surface area contributed by atoms with Crippen molar-refractivity contribution in [2.45, 2.75) is 53.1 Å². The molecule has 23 heavy (non-hydrogen) atoms. The zero-order valence-electron chi connectivity index (χ0n) is 14.4. The standard InChI is InChI=1S/C19H24O4/c1-18(2,3)23-17(21)22-16-9-7-13(6-8-15(16)20)14-10-11-19(4,5)12-14/h6-9,12H,10-11H2,1-5H3. The molecule has 0 spiro atoms. The molecular weight excluding hydrogens is 292 g/mol. The predicted octanol–water partition coefficient (Wildman–Crippen LogP) is 4.56. The van der Waals surface area contributed by atoms with Crippen LogP contribution in [0.1, 0.15) is 53.0 Å². The second-order valence-corrected chi connectivity index (χ2v) is 7.58. The van der Waals surface area contributed by atoms with Crippen LogP contribution in [0.4, 0.5) is 4.79 Å². The Morgan fingerprint density at radius 1 is 1.13 bits per heavy atom. The molecule has 1 aliphatic rings. The third-order valence-corrected chi connectivity index (χ3v) is 3.63. The summed E-state index contributed by atoms with van der Waals surface area (Å²) in [6, 6.07) is 6.56. The molecule has 4 heteroatoms. The van der Waals surface area contributed by atoms with Crippen LogP contribution in [0.5, 0.6) is 5.75 Å². The van der Waals surface area contributed by atoms with Crippen LogP contribution in [-0.4, -0.2) is 11.8 Å². The summed E-state index contributed by atoms with van der Waals surface area (Å²) < 4.78 is 10.1. The van der Waals surface area contributed by atoms with Crippen molar-refractivity contribution in [3.63, 3.8) is 0 Å². The average Bonchev–Trinajstić information content (AvgIpc) is 2.64. The molecule has 0 heterocycles. The van der Waals surface area contributed by atoms with Gasteiger partial charge in [-0.15, -0.1) is 0 Å². The van der Waals surface area contributed by atoms with Crippen molar-refractivity contribution in [1.82, 2.24) is 0 Å². The molecule has 0 aromatic heterocycles. The van der Waals surface area contributed by atoms with Gasteiger partial charge in [0.05, 0.1) is 0 Å². The molecule has 0 N–H and O–H groups in total. The van der Waals surface area contributed by atoms with Crippen LogP contribution in [0.15, 0.2) is 35.1 Å². The van der Waals surface area contributed by atoms with Crippen LogP contribution in [0, 0.1) is 5.41 Å². The molecule has 0 atom stereocenters. The number of carbonyl (C=O) groups is 1. The Kier molecular flexibility index (Phi) is 4.64. The van der Waals surface area contributed by atoms with E-state index in [0.29, 0.717) is 0 Å². The molecule has 0 unspecified atom stereocenters. The van der Waals surface area contributed by atoms with Crippen molar-refractivity contribution < 1.29 is 14.3 Å². The summed E-state index contributed by atoms with van der Waals surface area (Å²) in [4.78, 5) is 23.8. The fourth-order valence-electron chi connectivity index (χ4n) is 2.51. The highest BCUT2D eigenvalue weighted by atomic mass is 16.7. The lowest BCUT2D eigenvalue weighted by molar-refractivity contribution is 0.0204. The number of allylic oxidation sites excluding steroid dienone is 2. The summed E-state index contributed by atoms with van der Waals surface area (Å²) in [6.07, 6.45) is 3.43. The summed E-state index contributed by atoms with van der Waals surface area (Å²) in [5.41, 5.74) is 1.36. The molecule has 0 radical (unpaired) electrons. The van der Waals surface area contributed by atoms with Gasteiger partial charge >= 0.3 is 6.16 Å². The van der Waals surface area contributed by atoms with Crippen molar-refractivity contribution in [1.29, 1.82) is 0 Å². The van der Waals surface area contributed by atoms with Crippen LogP contribution >= 0.6 is 0 Å². The minimum Gasteiger partial charge on any atom is -0.428 e. The predicted molar refractivity (Wildman–Crippen MR) is 90.6 cm³/mol. The Balaban J connectivity index is 2.23. The molecule has 1 aliphatic carbocycles. The maximum Gasteiger partial charge on any atom is 0.514 e. The van der Waals surface area contributed by atoms with Crippen molar-refractivity contribution in [3.05, 3.63) is 46.1 Å². The Hall–Kier alpha value is -2.10. The lowest BCUT2D eigenvalue weighted by Crippen LogP contribution is -2.26. The molecule has 4 nitrogen and oxygen atoms in total. The minimum absolute atomic E-state index is 0.0247. The summed E-state index contributed by atoms with van der Waals surface area (Å²) in [7, 11) is 0. The minimum atomic E-state index is -0.872. The maximum atomic E-state index is 12.1. The summed E-state index contributed by atoms with van der Waals surface area (Å²) >= 11 is 0. The van der Waals surface area contributed by atoms with E-state index in [1.54, 1.807) is 26.8 Å². The number of hydrogen-bond acceptors (Lipinski definition) is 4. The van der Waals surface area contributed by atoms with E-state index >= 15 is 0 Å². The van der Waals surface area contributed by atoms with Crippen LogP contribution in [-0.2, 0) is 4.74 Å². The van der Waals surface area contributed by atoms with E-state index in [9.17, 15) is 9.59 Å². The van der Waals surface area contributed by atoms with Gasteiger partial charge in [-0.1, -0.05) is 32.1 Å². The Morgan fingerprint density at radius 2 is 1.78 bits per heavy atom. The lowest BCUT2D eigenvalue weighted by Gasteiger charge is -2.18. The number of hydrogen-bond donors (Lipinski definition) is 0. The molecule has 0 saturated heterocycles. The number of carbonyl (C=O) groups excluding carboxylic acids is 1. The number of ether oxygens (including phenoxy) is 2. The van der Waals surface area contributed by atoms with Crippen LogP contribution in [0.25, 0.3) is 5.57 Å². The van der Waals surface area contributed by atoms with Gasteiger partial charge in [-0.2, -0.15) is 0 Å². The van der Waals surface area contributed by atoms with Gasteiger partial charge in [0.2, 0.25) is 5.43 Å². The number of rotatable bonds is 2. The molecule has 1 aromatic carbocycles. The van der Waals surface area contributed by atoms with Crippen molar-refractivity contribution in [2.24, 2.45) is 5.41 Å². The fourth-order valence-corrected chi connectivity index (χ4v) is 2.51. The SMILES string of the molecule is CC1(C)C=C(c2ccc(OC(=O)OC(C)(C)C)c(=O)cc2)CC1. The van der Waals surface area contributed by atoms with Gasteiger partial charge < -0.3 is 9.47 Å². The molecule has 0 bridgehead atoms. The third kappa shape index (κ3) is 4.95. The van der Waals surface area contributed by atoms with E-state index in [1.165, 1.54) is 17.7 Å². The summed E-state index contributed by atoms with van der Waals surface area (Å²) in [6.45, 7) is 9.61. The maximum absolute atomic E-state index is 12.1. The van der Waals surface area contributed by atoms with Gasteiger partial charge in [0.1, 0.15) is 5.60 Å². The van der Waals surface area contributed by atoms with Crippen molar-refractivity contribution >= 4 is 11.7 Å². The van der Waals surface area contributed by atoms with Crippen LogP contribution in [0.3, 0.4) is 0 Å². The van der Waals surface area contributed by atoms with Crippen molar-refractivity contribution in [2.75, 3.05) is 0 Å². The van der Waals surface area contributed by atoms with Gasteiger partial charge in [0.15, 0.2) is 5.75 Å². The molecule has 1 aromatic rings. The molecule has 124 valence electrons. The normalized spacial score (nSPS) is 16.7. The van der Waals surface area contributed by atoms with E-state index in [2.05, 4.69) is 19.9 Å². The first-order chi connectivity index (χ1) is 10.6. The molecule has 0 amide bonds. The van der Waals surface area contributed by atoms with Gasteiger partial charge in [0, 0.05) is 0 Å². The van der Waals surface area contributed by atoms with Gasteiger partial charge in [-0.05, 0) is 62.3 Å². The Morgan fingerprint density at radius 3 is 2.35 bits per heavy atom. The van der Waals surface area contributed by atoms with Gasteiger partial charge in [0.25, 0.3) is 0 Å².